The maximum Gasteiger partial charge on any atom is 0.303 e. The van der Waals surface area contributed by atoms with E-state index in [2.05, 4.69) is 17.2 Å². The molecule has 0 spiro atoms. The zero-order chi connectivity index (χ0) is 29.7. The average Bonchev–Trinajstić information content (AvgIpc) is 2.94. The molecule has 1 atom stereocenters. The summed E-state index contributed by atoms with van der Waals surface area (Å²) in [7, 11) is -4.41. The number of rotatable bonds is 15. The standard InChI is InChI=1S/C33H38N2O5S/c1-26-20-21-29(41(38,39)40)24-30(26)33(2,22-12-5-10-19-32(36)37)31(35-25-27-14-6-3-7-15-27)18-11-13-23-34-28-16-8-4-9-17-28/h3-4,6-9,11,13-18,20-21,23-24,35H,5,10,12,19,22,25H2,1-2H3,(H,36,37)(H,38,39,40)/t33-/m1/s1. The van der Waals surface area contributed by atoms with E-state index in [-0.39, 0.29) is 11.3 Å². The molecule has 0 aliphatic carbocycles. The molecule has 41 heavy (non-hydrogen) atoms. The molecule has 0 saturated heterocycles. The third-order valence-corrected chi connectivity index (χ3v) is 7.88. The number of allylic oxidation sites excluding steroid dienone is 4. The minimum Gasteiger partial charge on any atom is -0.481 e. The van der Waals surface area contributed by atoms with Crippen molar-refractivity contribution >= 4 is 28.0 Å². The number of aliphatic imine (C=N–C) groups is 1. The minimum atomic E-state index is -4.41. The largest absolute Gasteiger partial charge is 0.481 e. The SMILES string of the molecule is Cc1ccc(S(=O)(=O)O)cc1[C@@](C)(CCCCCC(=O)O)C(=CC=CC=Nc1ccccc1)NCc1ccccc1. The smallest absolute Gasteiger partial charge is 0.303 e. The van der Waals surface area contributed by atoms with E-state index in [0.29, 0.717) is 25.8 Å². The number of para-hydroxylation sites is 1. The molecule has 0 aromatic heterocycles. The number of nitrogens with one attached hydrogen (secondary N) is 1. The monoisotopic (exact) mass is 574 g/mol. The summed E-state index contributed by atoms with van der Waals surface area (Å²) in [5.74, 6) is -0.822. The molecule has 0 amide bonds. The highest BCUT2D eigenvalue weighted by molar-refractivity contribution is 7.85. The van der Waals surface area contributed by atoms with Gasteiger partial charge in [-0.05, 0) is 79.8 Å². The Hall–Kier alpha value is -4.01. The Balaban J connectivity index is 2.02. The quantitative estimate of drug-likeness (QED) is 0.0767. The Morgan fingerprint density at radius 2 is 1.63 bits per heavy atom. The Morgan fingerprint density at radius 3 is 2.29 bits per heavy atom. The van der Waals surface area contributed by atoms with Crippen molar-refractivity contribution in [3.05, 3.63) is 119 Å². The van der Waals surface area contributed by atoms with E-state index >= 15 is 0 Å². The van der Waals surface area contributed by atoms with Gasteiger partial charge in [0.05, 0.1) is 10.6 Å². The topological polar surface area (TPSA) is 116 Å². The molecule has 0 aliphatic rings. The molecule has 216 valence electrons. The zero-order valence-corrected chi connectivity index (χ0v) is 24.3. The van der Waals surface area contributed by atoms with Gasteiger partial charge in [-0.15, -0.1) is 0 Å². The van der Waals surface area contributed by atoms with Gasteiger partial charge in [0.1, 0.15) is 0 Å². The number of carbonyl (C=O) groups is 1. The van der Waals surface area contributed by atoms with Crippen LogP contribution < -0.4 is 5.32 Å². The van der Waals surface area contributed by atoms with E-state index < -0.39 is 21.5 Å². The Kier molecular flexibility index (Phi) is 11.6. The van der Waals surface area contributed by atoms with Gasteiger partial charge >= 0.3 is 5.97 Å². The lowest BCUT2D eigenvalue weighted by Crippen LogP contribution is -2.34. The summed E-state index contributed by atoms with van der Waals surface area (Å²) in [4.78, 5) is 15.3. The summed E-state index contributed by atoms with van der Waals surface area (Å²) < 4.78 is 34.0. The van der Waals surface area contributed by atoms with Crippen LogP contribution in [0.4, 0.5) is 5.69 Å². The van der Waals surface area contributed by atoms with E-state index in [1.807, 2.05) is 85.8 Å². The highest BCUT2D eigenvalue weighted by Gasteiger charge is 2.33. The first kappa shape index (κ1) is 31.5. The Bertz CT molecular complexity index is 1480. The summed E-state index contributed by atoms with van der Waals surface area (Å²) in [5.41, 5.74) is 3.76. The number of aryl methyl sites for hydroxylation is 1. The van der Waals surface area contributed by atoms with Crippen LogP contribution in [0.1, 0.15) is 55.7 Å². The predicted octanol–water partition coefficient (Wildman–Crippen LogP) is 7.17. The summed E-state index contributed by atoms with van der Waals surface area (Å²) in [6.45, 7) is 4.52. The van der Waals surface area contributed by atoms with E-state index in [0.717, 1.165) is 34.5 Å². The molecule has 3 aromatic carbocycles. The molecular weight excluding hydrogens is 536 g/mol. The second-order valence-corrected chi connectivity index (χ2v) is 11.6. The van der Waals surface area contributed by atoms with Gasteiger partial charge in [0.15, 0.2) is 0 Å². The average molecular weight is 575 g/mol. The van der Waals surface area contributed by atoms with Gasteiger partial charge in [-0.1, -0.05) is 73.5 Å². The third-order valence-electron chi connectivity index (χ3n) is 7.03. The highest BCUT2D eigenvalue weighted by Crippen LogP contribution is 2.39. The van der Waals surface area contributed by atoms with Crippen molar-refractivity contribution in [1.82, 2.24) is 5.32 Å². The first-order chi connectivity index (χ1) is 19.6. The second kappa shape index (κ2) is 15.1. The molecular formula is C33H38N2O5S. The number of aliphatic carboxylic acids is 1. The van der Waals surface area contributed by atoms with Crippen molar-refractivity contribution in [2.24, 2.45) is 4.99 Å². The van der Waals surface area contributed by atoms with Gasteiger partial charge in [0.2, 0.25) is 0 Å². The van der Waals surface area contributed by atoms with E-state index in [9.17, 15) is 17.8 Å². The normalized spacial score (nSPS) is 13.9. The number of carboxylic acids is 1. The van der Waals surface area contributed by atoms with Gasteiger partial charge in [-0.2, -0.15) is 8.42 Å². The van der Waals surface area contributed by atoms with Crippen LogP contribution in [-0.2, 0) is 26.9 Å². The molecule has 0 heterocycles. The van der Waals surface area contributed by atoms with Crippen molar-refractivity contribution < 1.29 is 22.9 Å². The number of hydrogen-bond acceptors (Lipinski definition) is 5. The fourth-order valence-electron chi connectivity index (χ4n) is 4.78. The van der Waals surface area contributed by atoms with E-state index in [4.69, 9.17) is 5.11 Å². The Labute approximate surface area is 243 Å². The van der Waals surface area contributed by atoms with Crippen LogP contribution in [0.2, 0.25) is 0 Å². The summed E-state index contributed by atoms with van der Waals surface area (Å²) in [5, 5.41) is 12.6. The van der Waals surface area contributed by atoms with Crippen LogP contribution in [0.25, 0.3) is 0 Å². The van der Waals surface area contributed by atoms with Crippen molar-refractivity contribution in [2.75, 3.05) is 0 Å². The van der Waals surface area contributed by atoms with Crippen molar-refractivity contribution in [1.29, 1.82) is 0 Å². The summed E-state index contributed by atoms with van der Waals surface area (Å²) in [6.07, 6.45) is 10.1. The molecule has 0 saturated carbocycles. The highest BCUT2D eigenvalue weighted by atomic mass is 32.2. The van der Waals surface area contributed by atoms with Gasteiger partial charge in [0, 0.05) is 30.3 Å². The molecule has 0 bridgehead atoms. The minimum absolute atomic E-state index is 0.104. The van der Waals surface area contributed by atoms with Crippen molar-refractivity contribution in [3.63, 3.8) is 0 Å². The number of unbranched alkanes of at least 4 members (excludes halogenated alkanes) is 2. The second-order valence-electron chi connectivity index (χ2n) is 10.2. The number of carboxylic acid groups (broad SMARTS) is 1. The van der Waals surface area contributed by atoms with Gasteiger partial charge < -0.3 is 10.4 Å². The zero-order valence-electron chi connectivity index (χ0n) is 23.5. The van der Waals surface area contributed by atoms with Crippen LogP contribution in [0.15, 0.2) is 113 Å². The van der Waals surface area contributed by atoms with Gasteiger partial charge in [-0.3, -0.25) is 14.3 Å². The van der Waals surface area contributed by atoms with Crippen molar-refractivity contribution in [3.8, 4) is 0 Å². The first-order valence-electron chi connectivity index (χ1n) is 13.6. The summed E-state index contributed by atoms with van der Waals surface area (Å²) >= 11 is 0. The molecule has 0 fully saturated rings. The maximum atomic E-state index is 12.1. The molecule has 3 N–H and O–H groups in total. The number of hydrogen-bond donors (Lipinski definition) is 3. The molecule has 3 rings (SSSR count). The van der Waals surface area contributed by atoms with Gasteiger partial charge in [-0.25, -0.2) is 0 Å². The van der Waals surface area contributed by atoms with Crippen LogP contribution in [0, 0.1) is 6.92 Å². The Morgan fingerprint density at radius 1 is 0.951 bits per heavy atom. The lowest BCUT2D eigenvalue weighted by molar-refractivity contribution is -0.137. The predicted molar refractivity (Wildman–Crippen MR) is 164 cm³/mol. The van der Waals surface area contributed by atoms with Gasteiger partial charge in [0.25, 0.3) is 10.1 Å². The molecule has 8 heteroatoms. The van der Waals surface area contributed by atoms with Crippen LogP contribution in [0.3, 0.4) is 0 Å². The fraction of sp³-hybridized carbons (Fsp3) is 0.273. The lowest BCUT2D eigenvalue weighted by Gasteiger charge is -2.35. The number of benzene rings is 3. The molecule has 7 nitrogen and oxygen atoms in total. The van der Waals surface area contributed by atoms with Crippen LogP contribution in [-0.4, -0.2) is 30.3 Å². The van der Waals surface area contributed by atoms with E-state index in [1.165, 1.54) is 6.07 Å². The lowest BCUT2D eigenvalue weighted by atomic mass is 9.73. The molecule has 3 aromatic rings. The number of nitrogens with zero attached hydrogens (tertiary/aromatic N) is 1. The molecule has 0 radical (unpaired) electrons. The molecule has 0 unspecified atom stereocenters. The maximum absolute atomic E-state index is 12.1. The van der Waals surface area contributed by atoms with Crippen molar-refractivity contribution in [2.45, 2.75) is 62.8 Å². The summed E-state index contributed by atoms with van der Waals surface area (Å²) in [6, 6.07) is 24.2. The fourth-order valence-corrected chi connectivity index (χ4v) is 5.28. The van der Waals surface area contributed by atoms with E-state index in [1.54, 1.807) is 18.3 Å². The third kappa shape index (κ3) is 9.84. The molecule has 0 aliphatic heterocycles. The van der Waals surface area contributed by atoms with Crippen LogP contribution in [0.5, 0.6) is 0 Å². The van der Waals surface area contributed by atoms with Crippen LogP contribution >= 0.6 is 0 Å². The first-order valence-corrected chi connectivity index (χ1v) is 15.1.